The summed E-state index contributed by atoms with van der Waals surface area (Å²) < 4.78 is 0. The van der Waals surface area contributed by atoms with E-state index < -0.39 is 5.41 Å². The molecule has 3 aliphatic rings. The van der Waals surface area contributed by atoms with Gasteiger partial charge in [0.2, 0.25) is 5.91 Å². The maximum atomic E-state index is 13.3. The van der Waals surface area contributed by atoms with Crippen LogP contribution < -0.4 is 16.0 Å². The van der Waals surface area contributed by atoms with Crippen LogP contribution in [0.4, 0.5) is 0 Å². The highest BCUT2D eigenvalue weighted by molar-refractivity contribution is 5.95. The first-order valence-corrected chi connectivity index (χ1v) is 15.3. The Morgan fingerprint density at radius 2 is 1.66 bits per heavy atom. The number of carbonyl (C=O) groups excluding carboxylic acids is 3. The third kappa shape index (κ3) is 5.32. The maximum Gasteiger partial charge on any atom is 0.251 e. The molecule has 1 unspecified atom stereocenters. The Bertz CT molecular complexity index is 1540. The lowest BCUT2D eigenvalue weighted by molar-refractivity contribution is -0.130. The molecule has 2 heterocycles. The Kier molecular flexibility index (Phi) is 8.14. The number of aromatic amines is 1. The molecule has 1 saturated carbocycles. The van der Waals surface area contributed by atoms with E-state index in [2.05, 4.69) is 42.6 Å². The van der Waals surface area contributed by atoms with Crippen molar-refractivity contribution >= 4 is 17.7 Å². The number of carbonyl (C=O) groups is 3. The SMILES string of the molecule is CNC(=O)c1ccc2c(c1)CCc1cc(C(=O)NC)ccc1C2(C[C@H](NCC(=O)N1CCCC1C#N)C1CC1)c1nn[nH]n1. The van der Waals surface area contributed by atoms with Crippen LogP contribution in [0, 0.1) is 17.2 Å². The standard InChI is InChI=1S/C32H37N9O3/c1-34-29(43)22-9-11-25-20(14-22)7-8-21-15-23(30(44)35-2)10-12-26(21)32(25,31-37-39-40-38-31)16-27(19-5-6-19)36-18-28(42)41-13-3-4-24(41)17-33/h9-12,14-15,19,24,27,36H,3-8,13,16,18H2,1-2H3,(H,34,43)(H,35,44)(H,37,38,39,40)/t24?,27-/m0/s1. The summed E-state index contributed by atoms with van der Waals surface area (Å²) in [7, 11) is 3.23. The number of likely N-dealkylation sites (tertiary alicyclic amines) is 1. The number of nitriles is 1. The molecule has 4 N–H and O–H groups in total. The molecular weight excluding hydrogens is 558 g/mol. The van der Waals surface area contributed by atoms with Gasteiger partial charge in [0.05, 0.1) is 18.0 Å². The molecule has 0 spiro atoms. The van der Waals surface area contributed by atoms with Crippen molar-refractivity contribution in [3.8, 4) is 6.07 Å². The topological polar surface area (TPSA) is 169 Å². The second kappa shape index (κ2) is 12.2. The summed E-state index contributed by atoms with van der Waals surface area (Å²) in [6.07, 6.45) is 5.43. The smallest absolute Gasteiger partial charge is 0.251 e. The van der Waals surface area contributed by atoms with Gasteiger partial charge in [0, 0.05) is 37.8 Å². The van der Waals surface area contributed by atoms with E-state index in [0.29, 0.717) is 55.1 Å². The zero-order chi connectivity index (χ0) is 30.8. The van der Waals surface area contributed by atoms with Crippen LogP contribution in [0.15, 0.2) is 36.4 Å². The summed E-state index contributed by atoms with van der Waals surface area (Å²) in [4.78, 5) is 40.3. The number of aromatic nitrogens is 4. The monoisotopic (exact) mass is 595 g/mol. The van der Waals surface area contributed by atoms with Crippen molar-refractivity contribution in [3.63, 3.8) is 0 Å². The van der Waals surface area contributed by atoms with Gasteiger partial charge in [-0.3, -0.25) is 14.4 Å². The van der Waals surface area contributed by atoms with Gasteiger partial charge in [0.1, 0.15) is 6.04 Å². The number of benzene rings is 2. The van der Waals surface area contributed by atoms with E-state index in [4.69, 9.17) is 0 Å². The number of aryl methyl sites for hydroxylation is 2. The highest BCUT2D eigenvalue weighted by Gasteiger charge is 2.48. The summed E-state index contributed by atoms with van der Waals surface area (Å²) in [5.74, 6) is 0.429. The molecule has 2 fully saturated rings. The summed E-state index contributed by atoms with van der Waals surface area (Å²) in [5, 5.41) is 34.3. The minimum absolute atomic E-state index is 0.0691. The first-order valence-electron chi connectivity index (χ1n) is 15.3. The fourth-order valence-corrected chi connectivity index (χ4v) is 7.07. The Balaban J connectivity index is 1.46. The number of hydrogen-bond donors (Lipinski definition) is 4. The minimum atomic E-state index is -0.886. The number of rotatable bonds is 9. The van der Waals surface area contributed by atoms with Gasteiger partial charge in [0.25, 0.3) is 11.8 Å². The van der Waals surface area contributed by atoms with Gasteiger partial charge in [-0.05, 0) is 97.4 Å². The first-order chi connectivity index (χ1) is 21.4. The normalized spacial score (nSPS) is 19.2. The number of nitrogens with one attached hydrogen (secondary N) is 4. The average molecular weight is 596 g/mol. The molecule has 3 aromatic rings. The Morgan fingerprint density at radius 1 is 1.02 bits per heavy atom. The van der Waals surface area contributed by atoms with Crippen molar-refractivity contribution < 1.29 is 14.4 Å². The molecule has 12 heteroatoms. The molecule has 1 aromatic heterocycles. The lowest BCUT2D eigenvalue weighted by atomic mass is 9.67. The van der Waals surface area contributed by atoms with Crippen molar-refractivity contribution in [1.29, 1.82) is 5.26 Å². The number of tetrazole rings is 1. The second-order valence-corrected chi connectivity index (χ2v) is 11.9. The molecular formula is C32H37N9O3. The predicted octanol–water partition coefficient (Wildman–Crippen LogP) is 1.62. The molecule has 0 radical (unpaired) electrons. The summed E-state index contributed by atoms with van der Waals surface area (Å²) >= 11 is 0. The number of H-pyrrole nitrogens is 1. The van der Waals surface area contributed by atoms with Crippen LogP contribution >= 0.6 is 0 Å². The highest BCUT2D eigenvalue weighted by atomic mass is 16.2. The number of nitrogens with zero attached hydrogens (tertiary/aromatic N) is 5. The van der Waals surface area contributed by atoms with E-state index in [1.807, 2.05) is 36.4 Å². The first kappa shape index (κ1) is 29.4. The largest absolute Gasteiger partial charge is 0.355 e. The molecule has 2 atom stereocenters. The molecule has 6 rings (SSSR count). The zero-order valence-corrected chi connectivity index (χ0v) is 25.0. The summed E-state index contributed by atoms with van der Waals surface area (Å²) in [6.45, 7) is 0.730. The number of fused-ring (bicyclic) bond motifs is 2. The predicted molar refractivity (Wildman–Crippen MR) is 161 cm³/mol. The third-order valence-electron chi connectivity index (χ3n) is 9.45. The molecule has 2 aliphatic carbocycles. The fourth-order valence-electron chi connectivity index (χ4n) is 7.07. The number of hydrogen-bond acceptors (Lipinski definition) is 8. The van der Waals surface area contributed by atoms with Crippen molar-refractivity contribution in [2.75, 3.05) is 27.2 Å². The molecule has 12 nitrogen and oxygen atoms in total. The van der Waals surface area contributed by atoms with Gasteiger partial charge in [-0.1, -0.05) is 17.3 Å². The fraction of sp³-hybridized carbons (Fsp3) is 0.469. The minimum Gasteiger partial charge on any atom is -0.355 e. The van der Waals surface area contributed by atoms with Crippen molar-refractivity contribution in [2.24, 2.45) is 5.92 Å². The van der Waals surface area contributed by atoms with E-state index in [1.54, 1.807) is 19.0 Å². The van der Waals surface area contributed by atoms with Crippen LogP contribution in [0.2, 0.25) is 0 Å². The Morgan fingerprint density at radius 3 is 2.18 bits per heavy atom. The van der Waals surface area contributed by atoms with Gasteiger partial charge >= 0.3 is 0 Å². The molecule has 228 valence electrons. The van der Waals surface area contributed by atoms with Crippen molar-refractivity contribution in [1.82, 2.24) is 41.5 Å². The molecule has 2 aromatic carbocycles. The molecule has 44 heavy (non-hydrogen) atoms. The van der Waals surface area contributed by atoms with Crippen LogP contribution in [0.3, 0.4) is 0 Å². The van der Waals surface area contributed by atoms with Crippen molar-refractivity contribution in [2.45, 2.75) is 62.4 Å². The summed E-state index contributed by atoms with van der Waals surface area (Å²) in [6, 6.07) is 13.3. The van der Waals surface area contributed by atoms with Gasteiger partial charge in [-0.25, -0.2) is 0 Å². The van der Waals surface area contributed by atoms with E-state index in [0.717, 1.165) is 41.5 Å². The van der Waals surface area contributed by atoms with Gasteiger partial charge < -0.3 is 20.9 Å². The Hall–Kier alpha value is -4.63. The summed E-state index contributed by atoms with van der Waals surface area (Å²) in [5.41, 5.74) is 4.17. The quantitative estimate of drug-likeness (QED) is 0.289. The van der Waals surface area contributed by atoms with Crippen LogP contribution in [-0.2, 0) is 23.1 Å². The lowest BCUT2D eigenvalue weighted by Gasteiger charge is -2.37. The van der Waals surface area contributed by atoms with E-state index >= 15 is 0 Å². The van der Waals surface area contributed by atoms with Gasteiger partial charge in [-0.15, -0.1) is 10.2 Å². The maximum absolute atomic E-state index is 13.3. The van der Waals surface area contributed by atoms with E-state index in [9.17, 15) is 19.6 Å². The van der Waals surface area contributed by atoms with Crippen molar-refractivity contribution in [3.05, 3.63) is 75.6 Å². The van der Waals surface area contributed by atoms with Gasteiger partial charge in [0.15, 0.2) is 5.82 Å². The van der Waals surface area contributed by atoms with Crippen LogP contribution in [-0.4, -0.2) is 82.5 Å². The zero-order valence-electron chi connectivity index (χ0n) is 25.0. The highest BCUT2D eigenvalue weighted by Crippen LogP contribution is 2.49. The molecule has 0 bridgehead atoms. The van der Waals surface area contributed by atoms with Crippen LogP contribution in [0.1, 0.15) is 80.9 Å². The third-order valence-corrected chi connectivity index (χ3v) is 9.45. The van der Waals surface area contributed by atoms with E-state index in [-0.39, 0.29) is 36.3 Å². The van der Waals surface area contributed by atoms with Gasteiger partial charge in [-0.2, -0.15) is 10.5 Å². The van der Waals surface area contributed by atoms with Crippen LogP contribution in [0.5, 0.6) is 0 Å². The second-order valence-electron chi connectivity index (χ2n) is 11.9. The molecule has 1 aliphatic heterocycles. The lowest BCUT2D eigenvalue weighted by Crippen LogP contribution is -2.47. The molecule has 1 saturated heterocycles. The number of amides is 3. The van der Waals surface area contributed by atoms with Crippen LogP contribution in [0.25, 0.3) is 0 Å². The average Bonchev–Trinajstić information content (AvgIpc) is 3.56. The Labute approximate surface area is 256 Å². The van der Waals surface area contributed by atoms with E-state index in [1.165, 1.54) is 0 Å². The molecule has 3 amide bonds.